The number of amides is 2. The maximum absolute atomic E-state index is 12.6. The lowest BCUT2D eigenvalue weighted by Crippen LogP contribution is -2.40. The zero-order valence-corrected chi connectivity index (χ0v) is 16.0. The summed E-state index contributed by atoms with van der Waals surface area (Å²) in [5.41, 5.74) is 0.318. The zero-order chi connectivity index (χ0) is 18.8. The third-order valence-electron chi connectivity index (χ3n) is 4.46. The molecule has 2 rings (SSSR count). The van der Waals surface area contributed by atoms with Crippen LogP contribution in [0.5, 0.6) is 0 Å². The van der Waals surface area contributed by atoms with Crippen LogP contribution in [0.2, 0.25) is 0 Å². The van der Waals surface area contributed by atoms with Gasteiger partial charge >= 0.3 is 0 Å². The predicted molar refractivity (Wildman–Crippen MR) is 101 cm³/mol. The number of rotatable bonds is 9. The van der Waals surface area contributed by atoms with Crippen LogP contribution in [0.1, 0.15) is 50.0 Å². The van der Waals surface area contributed by atoms with Gasteiger partial charge in [0.2, 0.25) is 5.91 Å². The predicted octanol–water partition coefficient (Wildman–Crippen LogP) is 1.57. The Morgan fingerprint density at radius 3 is 2.65 bits per heavy atom. The monoisotopic (exact) mass is 361 g/mol. The minimum atomic E-state index is -0.173. The van der Waals surface area contributed by atoms with Crippen molar-refractivity contribution in [2.24, 2.45) is 5.92 Å². The highest BCUT2D eigenvalue weighted by molar-refractivity contribution is 5.92. The first-order valence-electron chi connectivity index (χ1n) is 9.60. The first-order valence-corrected chi connectivity index (χ1v) is 9.60. The standard InChI is InChI=1S/C19H31N5O2/c1-16(2)15-24(19(26)17-14-20-7-8-21-17)12-6-18(25)22-9-13-23-10-4-3-5-11-23/h7-8,14,16H,3-6,9-13,15H2,1-2H3,(H,22,25). The molecule has 7 nitrogen and oxygen atoms in total. The van der Waals surface area contributed by atoms with Crippen LogP contribution in [0.15, 0.2) is 18.6 Å². The van der Waals surface area contributed by atoms with E-state index in [9.17, 15) is 9.59 Å². The number of likely N-dealkylation sites (tertiary alicyclic amines) is 1. The van der Waals surface area contributed by atoms with E-state index in [1.165, 1.54) is 31.7 Å². The Kier molecular flexibility index (Phi) is 8.47. The van der Waals surface area contributed by atoms with Gasteiger partial charge in [-0.3, -0.25) is 14.6 Å². The fourth-order valence-electron chi connectivity index (χ4n) is 3.15. The molecule has 0 bridgehead atoms. The molecule has 0 saturated carbocycles. The van der Waals surface area contributed by atoms with E-state index in [-0.39, 0.29) is 11.8 Å². The van der Waals surface area contributed by atoms with Crippen LogP contribution in [0.4, 0.5) is 0 Å². The van der Waals surface area contributed by atoms with Gasteiger partial charge in [0.25, 0.3) is 5.91 Å². The zero-order valence-electron chi connectivity index (χ0n) is 16.0. The first-order chi connectivity index (χ1) is 12.6. The van der Waals surface area contributed by atoms with Crippen molar-refractivity contribution in [3.8, 4) is 0 Å². The molecule has 1 aliphatic rings. The molecule has 1 N–H and O–H groups in total. The lowest BCUT2D eigenvalue weighted by atomic mass is 10.1. The summed E-state index contributed by atoms with van der Waals surface area (Å²) in [5, 5.41) is 2.97. The number of carbonyl (C=O) groups excluding carboxylic acids is 2. The van der Waals surface area contributed by atoms with Crippen molar-refractivity contribution in [2.45, 2.75) is 39.5 Å². The highest BCUT2D eigenvalue weighted by Crippen LogP contribution is 2.08. The molecule has 0 aromatic carbocycles. The van der Waals surface area contributed by atoms with Crippen LogP contribution in [0.25, 0.3) is 0 Å². The smallest absolute Gasteiger partial charge is 0.274 e. The molecule has 1 saturated heterocycles. The molecule has 0 unspecified atom stereocenters. The van der Waals surface area contributed by atoms with Crippen LogP contribution in [0.3, 0.4) is 0 Å². The average Bonchev–Trinajstić information content (AvgIpc) is 2.66. The summed E-state index contributed by atoms with van der Waals surface area (Å²) in [5.74, 6) is 0.133. The van der Waals surface area contributed by atoms with Gasteiger partial charge < -0.3 is 15.1 Å². The molecule has 0 atom stereocenters. The summed E-state index contributed by atoms with van der Waals surface area (Å²) in [4.78, 5) is 36.9. The van der Waals surface area contributed by atoms with Crippen molar-refractivity contribution in [1.82, 2.24) is 25.1 Å². The topological polar surface area (TPSA) is 78.4 Å². The lowest BCUT2D eigenvalue weighted by Gasteiger charge is -2.26. The van der Waals surface area contributed by atoms with E-state index >= 15 is 0 Å². The molecule has 2 amide bonds. The van der Waals surface area contributed by atoms with E-state index in [2.05, 4.69) is 34.0 Å². The molecule has 0 radical (unpaired) electrons. The fraction of sp³-hybridized carbons (Fsp3) is 0.684. The number of hydrogen-bond acceptors (Lipinski definition) is 5. The van der Waals surface area contributed by atoms with Crippen LogP contribution in [0, 0.1) is 5.92 Å². The van der Waals surface area contributed by atoms with Crippen molar-refractivity contribution in [1.29, 1.82) is 0 Å². The maximum atomic E-state index is 12.6. The number of aromatic nitrogens is 2. The van der Waals surface area contributed by atoms with Gasteiger partial charge in [0, 0.05) is 45.0 Å². The number of nitrogens with zero attached hydrogens (tertiary/aromatic N) is 4. The van der Waals surface area contributed by atoms with Crippen molar-refractivity contribution in [3.05, 3.63) is 24.3 Å². The number of hydrogen-bond donors (Lipinski definition) is 1. The molecule has 1 aromatic heterocycles. The maximum Gasteiger partial charge on any atom is 0.274 e. The molecule has 1 aromatic rings. The Balaban J connectivity index is 1.76. The highest BCUT2D eigenvalue weighted by Gasteiger charge is 2.19. The number of piperidine rings is 1. The quantitative estimate of drug-likeness (QED) is 0.722. The normalized spacial score (nSPS) is 15.0. The lowest BCUT2D eigenvalue weighted by molar-refractivity contribution is -0.121. The van der Waals surface area contributed by atoms with Crippen LogP contribution in [-0.2, 0) is 4.79 Å². The molecule has 7 heteroatoms. The fourth-order valence-corrected chi connectivity index (χ4v) is 3.15. The second kappa shape index (κ2) is 10.9. The summed E-state index contributed by atoms with van der Waals surface area (Å²) < 4.78 is 0. The third kappa shape index (κ3) is 7.07. The van der Waals surface area contributed by atoms with Gasteiger partial charge in [-0.2, -0.15) is 0 Å². The van der Waals surface area contributed by atoms with Crippen LogP contribution in [-0.4, -0.2) is 70.9 Å². The van der Waals surface area contributed by atoms with Crippen molar-refractivity contribution in [2.75, 3.05) is 39.3 Å². The minimum absolute atomic E-state index is 0.0114. The second-order valence-corrected chi connectivity index (χ2v) is 7.24. The minimum Gasteiger partial charge on any atom is -0.355 e. The van der Waals surface area contributed by atoms with Gasteiger partial charge in [0.1, 0.15) is 5.69 Å². The summed E-state index contributed by atoms with van der Waals surface area (Å²) in [6.07, 6.45) is 8.64. The molecule has 144 valence electrons. The largest absolute Gasteiger partial charge is 0.355 e. The van der Waals surface area contributed by atoms with Crippen LogP contribution >= 0.6 is 0 Å². The third-order valence-corrected chi connectivity index (χ3v) is 4.46. The average molecular weight is 361 g/mol. The van der Waals surface area contributed by atoms with E-state index < -0.39 is 0 Å². The Labute approximate surface area is 156 Å². The van der Waals surface area contributed by atoms with Gasteiger partial charge in [-0.15, -0.1) is 0 Å². The molecule has 2 heterocycles. The number of nitrogens with one attached hydrogen (secondary N) is 1. The second-order valence-electron chi connectivity index (χ2n) is 7.24. The summed E-state index contributed by atoms with van der Waals surface area (Å²) >= 11 is 0. The Bertz CT molecular complexity index is 558. The Morgan fingerprint density at radius 1 is 1.23 bits per heavy atom. The molecule has 1 fully saturated rings. The molecule has 0 aliphatic carbocycles. The molecule has 1 aliphatic heterocycles. The van der Waals surface area contributed by atoms with E-state index in [0.717, 1.165) is 19.6 Å². The van der Waals surface area contributed by atoms with E-state index in [4.69, 9.17) is 0 Å². The highest BCUT2D eigenvalue weighted by atomic mass is 16.2. The SMILES string of the molecule is CC(C)CN(CCC(=O)NCCN1CCCCC1)C(=O)c1cnccn1. The molecule has 0 spiro atoms. The molecular weight excluding hydrogens is 330 g/mol. The van der Waals surface area contributed by atoms with Gasteiger partial charge in [-0.05, 0) is 31.8 Å². The van der Waals surface area contributed by atoms with Crippen LogP contribution < -0.4 is 5.32 Å². The summed E-state index contributed by atoms with van der Waals surface area (Å²) in [6, 6.07) is 0. The Hall–Kier alpha value is -2.02. The first kappa shape index (κ1) is 20.3. The van der Waals surface area contributed by atoms with Gasteiger partial charge in [0.05, 0.1) is 6.20 Å². The van der Waals surface area contributed by atoms with Crippen molar-refractivity contribution < 1.29 is 9.59 Å². The van der Waals surface area contributed by atoms with E-state index in [0.29, 0.717) is 37.7 Å². The summed E-state index contributed by atoms with van der Waals surface area (Å²) in [7, 11) is 0. The molecule has 26 heavy (non-hydrogen) atoms. The van der Waals surface area contributed by atoms with Crippen molar-refractivity contribution >= 4 is 11.8 Å². The van der Waals surface area contributed by atoms with Gasteiger partial charge in [-0.1, -0.05) is 20.3 Å². The number of carbonyl (C=O) groups is 2. The van der Waals surface area contributed by atoms with E-state index in [1.54, 1.807) is 11.1 Å². The van der Waals surface area contributed by atoms with Gasteiger partial charge in [0.15, 0.2) is 0 Å². The van der Waals surface area contributed by atoms with Gasteiger partial charge in [-0.25, -0.2) is 4.98 Å². The van der Waals surface area contributed by atoms with Crippen molar-refractivity contribution in [3.63, 3.8) is 0 Å². The summed E-state index contributed by atoms with van der Waals surface area (Å²) in [6.45, 7) is 8.92. The van der Waals surface area contributed by atoms with E-state index in [1.807, 2.05) is 0 Å². The molecular formula is C19H31N5O2. The Morgan fingerprint density at radius 2 is 2.00 bits per heavy atom.